The lowest BCUT2D eigenvalue weighted by atomic mass is 10.1. The molecule has 0 aliphatic carbocycles. The molecule has 2 aromatic carbocycles. The predicted molar refractivity (Wildman–Crippen MR) is 131 cm³/mol. The van der Waals surface area contributed by atoms with E-state index in [1.165, 1.54) is 6.07 Å². The van der Waals surface area contributed by atoms with E-state index in [2.05, 4.69) is 15.1 Å². The van der Waals surface area contributed by atoms with Crippen molar-refractivity contribution in [2.75, 3.05) is 19.1 Å². The van der Waals surface area contributed by atoms with Crippen LogP contribution in [0.3, 0.4) is 0 Å². The largest absolute Gasteiger partial charge is 0.497 e. The molecule has 3 aromatic heterocycles. The summed E-state index contributed by atoms with van der Waals surface area (Å²) >= 11 is 0. The fourth-order valence-electron chi connectivity index (χ4n) is 3.82. The molecule has 0 N–H and O–H groups in total. The van der Waals surface area contributed by atoms with Crippen LogP contribution in [0.5, 0.6) is 11.5 Å². The molecule has 0 spiro atoms. The summed E-state index contributed by atoms with van der Waals surface area (Å²) in [4.78, 5) is 15.6. The zero-order valence-corrected chi connectivity index (χ0v) is 19.5. The number of halogens is 1. The van der Waals surface area contributed by atoms with Crippen LogP contribution in [-0.4, -0.2) is 39.0 Å². The molecule has 5 aromatic rings. The Balaban J connectivity index is 1.63. The van der Waals surface area contributed by atoms with Crippen molar-refractivity contribution in [3.8, 4) is 22.8 Å². The van der Waals surface area contributed by atoms with Crippen LogP contribution >= 0.6 is 0 Å². The maximum atomic E-state index is 14.6. The Labute approximate surface area is 201 Å². The van der Waals surface area contributed by atoms with E-state index < -0.39 is 0 Å². The van der Waals surface area contributed by atoms with Crippen LogP contribution < -0.4 is 14.4 Å². The van der Waals surface area contributed by atoms with Crippen LogP contribution in [0.1, 0.15) is 5.69 Å². The van der Waals surface area contributed by atoms with Crippen molar-refractivity contribution < 1.29 is 13.9 Å². The zero-order valence-electron chi connectivity index (χ0n) is 19.5. The quantitative estimate of drug-likeness (QED) is 0.334. The van der Waals surface area contributed by atoms with E-state index in [4.69, 9.17) is 14.5 Å². The number of hydrogen-bond donors (Lipinski definition) is 0. The third-order valence-electron chi connectivity index (χ3n) is 5.63. The third-order valence-corrected chi connectivity index (χ3v) is 5.63. The molecule has 35 heavy (non-hydrogen) atoms. The molecule has 0 bridgehead atoms. The molecular weight excluding hydrogens is 447 g/mol. The van der Waals surface area contributed by atoms with Gasteiger partial charge in [0.25, 0.3) is 0 Å². The highest BCUT2D eigenvalue weighted by Crippen LogP contribution is 2.35. The van der Waals surface area contributed by atoms with Crippen molar-refractivity contribution in [2.45, 2.75) is 6.54 Å². The van der Waals surface area contributed by atoms with Crippen molar-refractivity contribution in [3.63, 3.8) is 0 Å². The number of benzene rings is 2. The SMILES string of the molecule is COc1cc(OC)cc(N(Cc2ncccc2F)c2ccc3ncc(-c4cnn(C)c4)nc3c2)c1. The number of fused-ring (bicyclic) bond motifs is 1. The summed E-state index contributed by atoms with van der Waals surface area (Å²) in [5, 5.41) is 4.22. The van der Waals surface area contributed by atoms with Crippen LogP contribution in [0, 0.1) is 5.82 Å². The molecule has 0 radical (unpaired) electrons. The van der Waals surface area contributed by atoms with Gasteiger partial charge in [-0.2, -0.15) is 5.10 Å². The minimum atomic E-state index is -0.383. The first kappa shape index (κ1) is 22.3. The fraction of sp³-hybridized carbons (Fsp3) is 0.154. The van der Waals surface area contributed by atoms with E-state index in [1.54, 1.807) is 49.6 Å². The molecule has 3 heterocycles. The molecule has 8 nitrogen and oxygen atoms in total. The zero-order chi connectivity index (χ0) is 24.4. The van der Waals surface area contributed by atoms with Crippen molar-refractivity contribution in [1.29, 1.82) is 0 Å². The second kappa shape index (κ2) is 9.38. The summed E-state index contributed by atoms with van der Waals surface area (Å²) in [7, 11) is 5.03. The van der Waals surface area contributed by atoms with Gasteiger partial charge in [0.1, 0.15) is 17.3 Å². The van der Waals surface area contributed by atoms with E-state index in [0.717, 1.165) is 22.5 Å². The van der Waals surface area contributed by atoms with E-state index in [9.17, 15) is 4.39 Å². The van der Waals surface area contributed by atoms with Crippen LogP contribution in [0.2, 0.25) is 0 Å². The molecule has 0 aliphatic rings. The second-order valence-electron chi connectivity index (χ2n) is 7.92. The Bertz CT molecular complexity index is 1480. The molecule has 0 saturated carbocycles. The molecule has 176 valence electrons. The van der Waals surface area contributed by atoms with Crippen LogP contribution in [0.15, 0.2) is 73.3 Å². The summed E-state index contributed by atoms with van der Waals surface area (Å²) in [6.45, 7) is 0.185. The number of rotatable bonds is 7. The third kappa shape index (κ3) is 4.61. The Kier molecular flexibility index (Phi) is 5.97. The number of aromatic nitrogens is 5. The van der Waals surface area contributed by atoms with Gasteiger partial charge in [-0.15, -0.1) is 0 Å². The molecule has 0 amide bonds. The van der Waals surface area contributed by atoms with E-state index >= 15 is 0 Å². The summed E-state index contributed by atoms with van der Waals surface area (Å²) in [6, 6.07) is 14.2. The van der Waals surface area contributed by atoms with Gasteiger partial charge in [0.2, 0.25) is 0 Å². The Morgan fingerprint density at radius 1 is 0.914 bits per heavy atom. The lowest BCUT2D eigenvalue weighted by molar-refractivity contribution is 0.394. The highest BCUT2D eigenvalue weighted by Gasteiger charge is 2.17. The average molecular weight is 471 g/mol. The van der Waals surface area contributed by atoms with Gasteiger partial charge in [0, 0.05) is 54.6 Å². The van der Waals surface area contributed by atoms with Gasteiger partial charge in [-0.05, 0) is 30.3 Å². The fourth-order valence-corrected chi connectivity index (χ4v) is 3.82. The van der Waals surface area contributed by atoms with Gasteiger partial charge in [-0.25, -0.2) is 9.37 Å². The van der Waals surface area contributed by atoms with Gasteiger partial charge in [-0.3, -0.25) is 14.6 Å². The molecule has 5 rings (SSSR count). The standard InChI is InChI=1S/C26H23FN6O2/c1-32-15-17(13-30-32)25-14-29-23-7-6-18(11-24(23)31-25)33(16-26-22(27)5-4-8-28-26)19-9-20(34-2)12-21(10-19)35-3/h4-15H,16H2,1-3H3. The molecule has 0 saturated heterocycles. The molecular formula is C26H23FN6O2. The number of pyridine rings is 1. The minimum Gasteiger partial charge on any atom is -0.497 e. The number of anilines is 2. The van der Waals surface area contributed by atoms with Crippen molar-refractivity contribution >= 4 is 22.4 Å². The van der Waals surface area contributed by atoms with E-state index in [0.29, 0.717) is 28.4 Å². The van der Waals surface area contributed by atoms with Crippen LogP contribution in [0.4, 0.5) is 15.8 Å². The monoisotopic (exact) mass is 470 g/mol. The number of methoxy groups -OCH3 is 2. The molecule has 9 heteroatoms. The highest BCUT2D eigenvalue weighted by molar-refractivity contribution is 5.82. The number of hydrogen-bond acceptors (Lipinski definition) is 7. The van der Waals surface area contributed by atoms with Crippen LogP contribution in [-0.2, 0) is 13.6 Å². The van der Waals surface area contributed by atoms with Gasteiger partial charge < -0.3 is 14.4 Å². The molecule has 0 unspecified atom stereocenters. The first-order chi connectivity index (χ1) is 17.0. The van der Waals surface area contributed by atoms with Crippen molar-refractivity contribution in [2.24, 2.45) is 7.05 Å². The van der Waals surface area contributed by atoms with Crippen molar-refractivity contribution in [1.82, 2.24) is 24.7 Å². The summed E-state index contributed by atoms with van der Waals surface area (Å²) in [6.07, 6.45) is 6.94. The second-order valence-corrected chi connectivity index (χ2v) is 7.92. The van der Waals surface area contributed by atoms with Gasteiger partial charge >= 0.3 is 0 Å². The maximum Gasteiger partial charge on any atom is 0.146 e. The lowest BCUT2D eigenvalue weighted by Gasteiger charge is -2.26. The van der Waals surface area contributed by atoms with Gasteiger partial charge in [-0.1, -0.05) is 0 Å². The average Bonchev–Trinajstić information content (AvgIpc) is 3.33. The summed E-state index contributed by atoms with van der Waals surface area (Å²) < 4.78 is 27.3. The van der Waals surface area contributed by atoms with Crippen molar-refractivity contribution in [3.05, 3.63) is 84.8 Å². The van der Waals surface area contributed by atoms with Gasteiger partial charge in [0.15, 0.2) is 0 Å². The smallest absolute Gasteiger partial charge is 0.146 e. The van der Waals surface area contributed by atoms with Gasteiger partial charge in [0.05, 0.1) is 55.6 Å². The summed E-state index contributed by atoms with van der Waals surface area (Å²) in [5.74, 6) is 0.849. The normalized spacial score (nSPS) is 11.0. The number of nitrogens with zero attached hydrogens (tertiary/aromatic N) is 6. The predicted octanol–water partition coefficient (Wildman–Crippen LogP) is 4.92. The Morgan fingerprint density at radius 3 is 2.40 bits per heavy atom. The first-order valence-electron chi connectivity index (χ1n) is 10.9. The Hall–Kier alpha value is -4.53. The highest BCUT2D eigenvalue weighted by atomic mass is 19.1. The molecule has 0 fully saturated rings. The van der Waals surface area contributed by atoms with E-state index in [1.807, 2.05) is 48.5 Å². The maximum absolute atomic E-state index is 14.6. The number of ether oxygens (including phenoxy) is 2. The Morgan fingerprint density at radius 2 is 1.71 bits per heavy atom. The molecule has 0 aliphatic heterocycles. The lowest BCUT2D eigenvalue weighted by Crippen LogP contribution is -2.18. The first-order valence-corrected chi connectivity index (χ1v) is 10.9. The van der Waals surface area contributed by atoms with E-state index in [-0.39, 0.29) is 12.4 Å². The topological polar surface area (TPSA) is 78.2 Å². The summed E-state index contributed by atoms with van der Waals surface area (Å²) in [5.41, 5.74) is 4.88. The van der Waals surface area contributed by atoms with Crippen LogP contribution in [0.25, 0.3) is 22.3 Å². The number of aryl methyl sites for hydroxylation is 1. The molecule has 0 atom stereocenters. The minimum absolute atomic E-state index is 0.185.